The van der Waals surface area contributed by atoms with Gasteiger partial charge in [-0.25, -0.2) is 9.97 Å². The Balaban J connectivity index is 1.93. The fourth-order valence-electron chi connectivity index (χ4n) is 0.979. The van der Waals surface area contributed by atoms with E-state index in [1.807, 2.05) is 6.92 Å². The van der Waals surface area contributed by atoms with Gasteiger partial charge in [0.1, 0.15) is 0 Å². The molecule has 0 aliphatic carbocycles. The van der Waals surface area contributed by atoms with Crippen LogP contribution in [0.25, 0.3) is 0 Å². The molecule has 0 saturated carbocycles. The summed E-state index contributed by atoms with van der Waals surface area (Å²) < 4.78 is 10.2. The van der Waals surface area contributed by atoms with Gasteiger partial charge in [0.25, 0.3) is 5.89 Å². The molecule has 0 unspecified atom stereocenters. The van der Waals surface area contributed by atoms with Gasteiger partial charge in [-0.3, -0.25) is 0 Å². The number of aryl methyl sites for hydroxylation is 1. The molecule has 0 spiro atoms. The van der Waals surface area contributed by atoms with E-state index >= 15 is 0 Å². The van der Waals surface area contributed by atoms with Gasteiger partial charge in [0.15, 0.2) is 12.4 Å². The van der Waals surface area contributed by atoms with Gasteiger partial charge in [0.05, 0.1) is 0 Å². The molecule has 0 aromatic carbocycles. The van der Waals surface area contributed by atoms with Crippen molar-refractivity contribution in [3.8, 4) is 6.01 Å². The van der Waals surface area contributed by atoms with Crippen molar-refractivity contribution in [2.45, 2.75) is 20.0 Å². The Bertz CT molecular complexity index is 415. The normalized spacial score (nSPS) is 10.2. The average Bonchev–Trinajstić information content (AvgIpc) is 2.76. The van der Waals surface area contributed by atoms with Crippen LogP contribution < -0.4 is 4.74 Å². The van der Waals surface area contributed by atoms with E-state index in [4.69, 9.17) is 9.26 Å². The van der Waals surface area contributed by atoms with E-state index in [2.05, 4.69) is 20.1 Å². The first kappa shape index (κ1) is 9.57. The van der Waals surface area contributed by atoms with Crippen LogP contribution in [0.4, 0.5) is 0 Å². The first-order valence-corrected chi connectivity index (χ1v) is 4.59. The highest BCUT2D eigenvalue weighted by Crippen LogP contribution is 2.03. The molecule has 0 amide bonds. The molecule has 78 valence electrons. The topological polar surface area (TPSA) is 73.9 Å². The van der Waals surface area contributed by atoms with Crippen molar-refractivity contribution < 1.29 is 9.26 Å². The van der Waals surface area contributed by atoms with Gasteiger partial charge in [-0.15, -0.1) is 0 Å². The SMILES string of the molecule is CCc1noc(COc2ncccn2)n1. The highest BCUT2D eigenvalue weighted by atomic mass is 16.5. The maximum absolute atomic E-state index is 5.23. The summed E-state index contributed by atoms with van der Waals surface area (Å²) in [6.07, 6.45) is 3.95. The lowest BCUT2D eigenvalue weighted by Crippen LogP contribution is -1.99. The molecule has 0 aliphatic rings. The summed E-state index contributed by atoms with van der Waals surface area (Å²) in [6, 6.07) is 2.02. The van der Waals surface area contributed by atoms with Crippen molar-refractivity contribution in [3.63, 3.8) is 0 Å². The van der Waals surface area contributed by atoms with Gasteiger partial charge in [-0.05, 0) is 6.07 Å². The van der Waals surface area contributed by atoms with E-state index in [1.54, 1.807) is 18.5 Å². The van der Waals surface area contributed by atoms with E-state index in [0.29, 0.717) is 17.7 Å². The van der Waals surface area contributed by atoms with Crippen LogP contribution >= 0.6 is 0 Å². The predicted octanol–water partition coefficient (Wildman–Crippen LogP) is 1.00. The van der Waals surface area contributed by atoms with Crippen LogP contribution in [0.2, 0.25) is 0 Å². The first-order chi connectivity index (χ1) is 7.38. The number of rotatable bonds is 4. The van der Waals surface area contributed by atoms with Crippen LogP contribution in [0.5, 0.6) is 6.01 Å². The molecule has 6 nitrogen and oxygen atoms in total. The molecule has 15 heavy (non-hydrogen) atoms. The number of ether oxygens (including phenoxy) is 1. The van der Waals surface area contributed by atoms with E-state index in [9.17, 15) is 0 Å². The third-order valence-corrected chi connectivity index (χ3v) is 1.69. The summed E-state index contributed by atoms with van der Waals surface area (Å²) in [4.78, 5) is 11.9. The summed E-state index contributed by atoms with van der Waals surface area (Å²) >= 11 is 0. The van der Waals surface area contributed by atoms with E-state index in [-0.39, 0.29) is 6.61 Å². The number of aromatic nitrogens is 4. The molecule has 0 saturated heterocycles. The average molecular weight is 206 g/mol. The summed E-state index contributed by atoms with van der Waals surface area (Å²) in [5.74, 6) is 1.10. The van der Waals surface area contributed by atoms with Crippen LogP contribution in [0, 0.1) is 0 Å². The molecular weight excluding hydrogens is 196 g/mol. The molecule has 0 atom stereocenters. The van der Waals surface area contributed by atoms with Crippen molar-refractivity contribution in [1.82, 2.24) is 20.1 Å². The van der Waals surface area contributed by atoms with Gasteiger partial charge < -0.3 is 9.26 Å². The number of hydrogen-bond donors (Lipinski definition) is 0. The fraction of sp³-hybridized carbons (Fsp3) is 0.333. The monoisotopic (exact) mass is 206 g/mol. The second-order valence-corrected chi connectivity index (χ2v) is 2.78. The molecular formula is C9H10N4O2. The van der Waals surface area contributed by atoms with Crippen molar-refractivity contribution in [2.75, 3.05) is 0 Å². The third-order valence-electron chi connectivity index (χ3n) is 1.69. The van der Waals surface area contributed by atoms with Crippen molar-refractivity contribution in [2.24, 2.45) is 0 Å². The van der Waals surface area contributed by atoms with Gasteiger partial charge in [0, 0.05) is 18.8 Å². The molecule has 0 radical (unpaired) electrons. The van der Waals surface area contributed by atoms with Crippen molar-refractivity contribution in [3.05, 3.63) is 30.2 Å². The zero-order valence-corrected chi connectivity index (χ0v) is 8.25. The minimum atomic E-state index is 0.191. The van der Waals surface area contributed by atoms with Gasteiger partial charge in [-0.2, -0.15) is 4.98 Å². The highest BCUT2D eigenvalue weighted by molar-refractivity contribution is 4.94. The molecule has 2 aromatic rings. The first-order valence-electron chi connectivity index (χ1n) is 4.59. The van der Waals surface area contributed by atoms with Gasteiger partial charge in [-0.1, -0.05) is 12.1 Å². The zero-order chi connectivity index (χ0) is 10.5. The second kappa shape index (κ2) is 4.50. The Kier molecular flexibility index (Phi) is 2.87. The van der Waals surface area contributed by atoms with Crippen LogP contribution in [0.15, 0.2) is 23.0 Å². The van der Waals surface area contributed by atoms with Crippen molar-refractivity contribution in [1.29, 1.82) is 0 Å². The molecule has 0 fully saturated rings. The fourth-order valence-corrected chi connectivity index (χ4v) is 0.979. The lowest BCUT2D eigenvalue weighted by molar-refractivity contribution is 0.227. The predicted molar refractivity (Wildman–Crippen MR) is 50.0 cm³/mol. The standard InChI is InChI=1S/C9H10N4O2/c1-2-7-12-8(15-13-7)6-14-9-10-4-3-5-11-9/h3-5H,2,6H2,1H3. The Morgan fingerprint density at radius 2 is 2.13 bits per heavy atom. The van der Waals surface area contributed by atoms with Crippen LogP contribution in [-0.4, -0.2) is 20.1 Å². The van der Waals surface area contributed by atoms with E-state index < -0.39 is 0 Å². The van der Waals surface area contributed by atoms with Crippen LogP contribution in [0.1, 0.15) is 18.6 Å². The Labute approximate surface area is 86.3 Å². The Morgan fingerprint density at radius 3 is 2.80 bits per heavy atom. The van der Waals surface area contributed by atoms with E-state index in [1.165, 1.54) is 0 Å². The lowest BCUT2D eigenvalue weighted by Gasteiger charge is -1.98. The minimum Gasteiger partial charge on any atom is -0.453 e. The molecule has 6 heteroatoms. The van der Waals surface area contributed by atoms with Crippen molar-refractivity contribution >= 4 is 0 Å². The lowest BCUT2D eigenvalue weighted by atomic mass is 10.5. The van der Waals surface area contributed by atoms with Crippen LogP contribution in [0.3, 0.4) is 0 Å². The quantitative estimate of drug-likeness (QED) is 0.742. The summed E-state index contributed by atoms with van der Waals surface area (Å²) in [5.41, 5.74) is 0. The maximum atomic E-state index is 5.23. The highest BCUT2D eigenvalue weighted by Gasteiger charge is 2.05. The number of hydrogen-bond acceptors (Lipinski definition) is 6. The summed E-state index contributed by atoms with van der Waals surface area (Å²) in [5, 5.41) is 3.74. The van der Waals surface area contributed by atoms with E-state index in [0.717, 1.165) is 6.42 Å². The van der Waals surface area contributed by atoms with Crippen LogP contribution in [-0.2, 0) is 13.0 Å². The molecule has 2 heterocycles. The summed E-state index contributed by atoms with van der Waals surface area (Å²) in [7, 11) is 0. The smallest absolute Gasteiger partial charge is 0.316 e. The largest absolute Gasteiger partial charge is 0.453 e. The Morgan fingerprint density at radius 1 is 1.33 bits per heavy atom. The summed E-state index contributed by atoms with van der Waals surface area (Å²) in [6.45, 7) is 2.15. The minimum absolute atomic E-state index is 0.191. The van der Waals surface area contributed by atoms with Gasteiger partial charge >= 0.3 is 6.01 Å². The number of nitrogens with zero attached hydrogens (tertiary/aromatic N) is 4. The van der Waals surface area contributed by atoms with Gasteiger partial charge in [0.2, 0.25) is 0 Å². The molecule has 0 aliphatic heterocycles. The third kappa shape index (κ3) is 2.49. The molecule has 0 bridgehead atoms. The molecule has 2 aromatic heterocycles. The maximum Gasteiger partial charge on any atom is 0.316 e. The second-order valence-electron chi connectivity index (χ2n) is 2.78. The zero-order valence-electron chi connectivity index (χ0n) is 8.25. The molecule has 0 N–H and O–H groups in total. The molecule has 2 rings (SSSR count). The Hall–Kier alpha value is -1.98.